The van der Waals surface area contributed by atoms with Gasteiger partial charge in [0.05, 0.1) is 54.1 Å². The Morgan fingerprint density at radius 3 is 2.36 bits per heavy atom. The van der Waals surface area contributed by atoms with E-state index in [1.54, 1.807) is 0 Å². The molecule has 39 heavy (non-hydrogen) atoms. The molecular weight excluding hydrogens is 554 g/mol. The average Bonchev–Trinajstić information content (AvgIpc) is 2.88. The molecule has 1 aromatic heterocycles. The van der Waals surface area contributed by atoms with Crippen molar-refractivity contribution < 1.29 is 36.3 Å². The smallest absolute Gasteiger partial charge is 0.294 e. The first-order valence-corrected chi connectivity index (χ1v) is 14.0. The van der Waals surface area contributed by atoms with Crippen molar-refractivity contribution in [3.63, 3.8) is 0 Å². The van der Waals surface area contributed by atoms with Gasteiger partial charge in [0, 0.05) is 0 Å². The second kappa shape index (κ2) is 12.1. The fourth-order valence-corrected chi connectivity index (χ4v) is 4.88. The number of anilines is 1. The van der Waals surface area contributed by atoms with Gasteiger partial charge in [-0.15, -0.1) is 5.11 Å². The molecule has 2 aromatic carbocycles. The number of aromatic hydroxyl groups is 1. The van der Waals surface area contributed by atoms with Crippen molar-refractivity contribution in [3.8, 4) is 5.88 Å². The lowest BCUT2D eigenvalue weighted by atomic mass is 10.2. The van der Waals surface area contributed by atoms with Gasteiger partial charge in [-0.05, 0) is 55.0 Å². The Morgan fingerprint density at radius 1 is 1.05 bits per heavy atom. The summed E-state index contributed by atoms with van der Waals surface area (Å²) >= 11 is 0. The standard InChI is InChI=1S/C23H23N5O9S2/c1-15-20(24-2)22(30)28(10-12-37-13-11-29)23(31)21(15)26-25-16-6-8-18(9-7-16)38(32,33)27-17-4-3-5-19(14-17)39(34,35)36/h3-9,14,27,29,31H,10-13H2,1H3,(H,34,35,36)/b26-25+. The van der Waals surface area contributed by atoms with Crippen molar-refractivity contribution in [2.24, 2.45) is 10.2 Å². The minimum atomic E-state index is -4.53. The monoisotopic (exact) mass is 577 g/mol. The van der Waals surface area contributed by atoms with Crippen LogP contribution in [0, 0.1) is 13.5 Å². The van der Waals surface area contributed by atoms with E-state index >= 15 is 0 Å². The molecule has 14 nitrogen and oxygen atoms in total. The summed E-state index contributed by atoms with van der Waals surface area (Å²) in [5.74, 6) is -0.545. The van der Waals surface area contributed by atoms with Crippen LogP contribution in [0.3, 0.4) is 0 Å². The van der Waals surface area contributed by atoms with Gasteiger partial charge in [0.25, 0.3) is 31.4 Å². The Kier molecular flexibility index (Phi) is 9.16. The predicted octanol–water partition coefficient (Wildman–Crippen LogP) is 2.88. The van der Waals surface area contributed by atoms with Gasteiger partial charge >= 0.3 is 0 Å². The zero-order chi connectivity index (χ0) is 28.8. The van der Waals surface area contributed by atoms with Crippen LogP contribution < -0.4 is 10.3 Å². The van der Waals surface area contributed by atoms with Gasteiger partial charge < -0.3 is 14.9 Å². The molecule has 4 N–H and O–H groups in total. The van der Waals surface area contributed by atoms with Crippen molar-refractivity contribution in [2.75, 3.05) is 24.5 Å². The minimum Gasteiger partial charge on any atom is -0.493 e. The Morgan fingerprint density at radius 2 is 1.74 bits per heavy atom. The first kappa shape index (κ1) is 29.4. The second-order valence-corrected chi connectivity index (χ2v) is 11.0. The van der Waals surface area contributed by atoms with Gasteiger partial charge in [0.1, 0.15) is 5.69 Å². The molecule has 0 atom stereocenters. The Bertz CT molecular complexity index is 1710. The van der Waals surface area contributed by atoms with E-state index < -0.39 is 36.5 Å². The number of nitrogens with one attached hydrogen (secondary N) is 1. The molecule has 0 radical (unpaired) electrons. The van der Waals surface area contributed by atoms with Crippen molar-refractivity contribution >= 4 is 42.9 Å². The van der Waals surface area contributed by atoms with Crippen molar-refractivity contribution in [1.82, 2.24) is 4.57 Å². The van der Waals surface area contributed by atoms with Gasteiger partial charge in [-0.25, -0.2) is 13.3 Å². The second-order valence-electron chi connectivity index (χ2n) is 7.85. The number of benzene rings is 2. The summed E-state index contributed by atoms with van der Waals surface area (Å²) in [6, 6.07) is 9.66. The van der Waals surface area contributed by atoms with E-state index in [0.717, 1.165) is 16.7 Å². The van der Waals surface area contributed by atoms with Gasteiger partial charge in [-0.3, -0.25) is 18.6 Å². The molecular formula is C23H23N5O9S2. The van der Waals surface area contributed by atoms with Gasteiger partial charge in [0.2, 0.25) is 5.88 Å². The highest BCUT2D eigenvalue weighted by atomic mass is 32.2. The van der Waals surface area contributed by atoms with E-state index in [1.165, 1.54) is 43.3 Å². The highest BCUT2D eigenvalue weighted by Crippen LogP contribution is 2.35. The summed E-state index contributed by atoms with van der Waals surface area (Å²) in [7, 11) is -8.67. The maximum absolute atomic E-state index is 12.7. The number of aliphatic hydroxyl groups is 1. The summed E-state index contributed by atoms with van der Waals surface area (Å²) in [5, 5.41) is 27.4. The van der Waals surface area contributed by atoms with Gasteiger partial charge in [-0.2, -0.15) is 13.5 Å². The molecule has 1 heterocycles. The normalized spacial score (nSPS) is 11.9. The average molecular weight is 578 g/mol. The highest BCUT2D eigenvalue weighted by molar-refractivity contribution is 7.92. The molecule has 0 spiro atoms. The topological polar surface area (TPSA) is 201 Å². The number of sulfonamides is 1. The molecule has 16 heteroatoms. The molecule has 0 bridgehead atoms. The lowest BCUT2D eigenvalue weighted by Gasteiger charge is -2.13. The van der Waals surface area contributed by atoms with Crippen molar-refractivity contribution in [2.45, 2.75) is 23.3 Å². The number of rotatable bonds is 11. The summed E-state index contributed by atoms with van der Waals surface area (Å²) in [6.07, 6.45) is 0. The van der Waals surface area contributed by atoms with E-state index in [2.05, 4.69) is 19.8 Å². The van der Waals surface area contributed by atoms with Gasteiger partial charge in [-0.1, -0.05) is 6.07 Å². The fraction of sp³-hybridized carbons (Fsp3) is 0.217. The van der Waals surface area contributed by atoms with Crippen LogP contribution in [0.1, 0.15) is 5.56 Å². The summed E-state index contributed by atoms with van der Waals surface area (Å²) in [6.45, 7) is 8.43. The van der Waals surface area contributed by atoms with E-state index in [4.69, 9.17) is 21.0 Å². The number of ether oxygens (including phenoxy) is 1. The van der Waals surface area contributed by atoms with E-state index in [0.29, 0.717) is 0 Å². The third-order valence-corrected chi connectivity index (χ3v) is 7.48. The van der Waals surface area contributed by atoms with Crippen LogP contribution in [0.4, 0.5) is 22.7 Å². The largest absolute Gasteiger partial charge is 0.493 e. The highest BCUT2D eigenvalue weighted by Gasteiger charge is 2.20. The zero-order valence-electron chi connectivity index (χ0n) is 20.3. The number of hydrogen-bond acceptors (Lipinski definition) is 10. The molecule has 0 saturated heterocycles. The summed E-state index contributed by atoms with van der Waals surface area (Å²) in [4.78, 5) is 15.1. The molecule has 3 rings (SSSR count). The first-order chi connectivity index (χ1) is 18.4. The number of aliphatic hydroxyl groups excluding tert-OH is 1. The summed E-state index contributed by atoms with van der Waals surface area (Å²) in [5.41, 5.74) is -0.966. The minimum absolute atomic E-state index is 0.0187. The Balaban J connectivity index is 1.86. The van der Waals surface area contributed by atoms with E-state index in [-0.39, 0.29) is 59.6 Å². The maximum atomic E-state index is 12.7. The maximum Gasteiger partial charge on any atom is 0.294 e. The molecule has 0 aliphatic heterocycles. The van der Waals surface area contributed by atoms with Crippen molar-refractivity contribution in [3.05, 3.63) is 75.9 Å². The molecule has 0 fully saturated rings. The zero-order valence-corrected chi connectivity index (χ0v) is 22.0. The molecule has 3 aromatic rings. The molecule has 0 unspecified atom stereocenters. The van der Waals surface area contributed by atoms with Crippen molar-refractivity contribution in [1.29, 1.82) is 0 Å². The van der Waals surface area contributed by atoms with Crippen LogP contribution in [0.25, 0.3) is 4.85 Å². The first-order valence-electron chi connectivity index (χ1n) is 11.0. The lowest BCUT2D eigenvalue weighted by molar-refractivity contribution is 0.0854. The van der Waals surface area contributed by atoms with Crippen LogP contribution in [0.15, 0.2) is 73.3 Å². The van der Waals surface area contributed by atoms with E-state index in [1.807, 2.05) is 0 Å². The summed E-state index contributed by atoms with van der Waals surface area (Å²) < 4.78 is 65.4. The third kappa shape index (κ3) is 7.04. The molecule has 0 amide bonds. The van der Waals surface area contributed by atoms with E-state index in [9.17, 15) is 26.7 Å². The number of azo groups is 1. The third-order valence-electron chi connectivity index (χ3n) is 5.23. The predicted molar refractivity (Wildman–Crippen MR) is 139 cm³/mol. The van der Waals surface area contributed by atoms with Crippen LogP contribution in [0.2, 0.25) is 0 Å². The molecule has 0 aliphatic carbocycles. The van der Waals surface area contributed by atoms with Crippen LogP contribution in [-0.4, -0.2) is 56.0 Å². The van der Waals surface area contributed by atoms with Gasteiger partial charge in [0.15, 0.2) is 0 Å². The van der Waals surface area contributed by atoms with Crippen LogP contribution in [-0.2, 0) is 31.4 Å². The number of pyridine rings is 1. The quantitative estimate of drug-likeness (QED) is 0.114. The molecule has 0 saturated carbocycles. The van der Waals surface area contributed by atoms with Crippen LogP contribution >= 0.6 is 0 Å². The fourth-order valence-electron chi connectivity index (χ4n) is 3.31. The molecule has 0 aliphatic rings. The number of nitrogens with zero attached hydrogens (tertiary/aromatic N) is 4. The Labute approximate surface area is 223 Å². The van der Waals surface area contributed by atoms with Crippen LogP contribution in [0.5, 0.6) is 5.88 Å². The molecule has 206 valence electrons. The Hall–Kier alpha value is -4.14. The number of aromatic nitrogens is 1. The lowest BCUT2D eigenvalue weighted by Crippen LogP contribution is -2.23. The number of hydrogen-bond donors (Lipinski definition) is 4. The SMILES string of the molecule is [C-]#[N+]c1c(C)c(/N=N/c2ccc(S(=O)(=O)Nc3cccc(S(=O)(=O)O)c3)cc2)c(O)n(CCOCCO)c1=O.